The maximum atomic E-state index is 4.23. The van der Waals surface area contributed by atoms with Crippen LogP contribution in [0.5, 0.6) is 0 Å². The van der Waals surface area contributed by atoms with Crippen LogP contribution in [-0.4, -0.2) is 0 Å². The lowest BCUT2D eigenvalue weighted by molar-refractivity contribution is 1.05. The van der Waals surface area contributed by atoms with Gasteiger partial charge in [-0.05, 0) is 60.9 Å². The Labute approximate surface area is 147 Å². The molecule has 0 bridgehead atoms. The zero-order valence-corrected chi connectivity index (χ0v) is 15.2. The molecule has 0 saturated carbocycles. The standard InChI is InChI=1S/C24H28/c1-6-22-8-7-9-23(17-22)12-10-18(2)14-19(3)15-24-13-11-20(4)21(5)16-24/h7-13,16-17H,2-3,6,14-15H2,1,4-5H3/b12-10+. The number of aryl methyl sites for hydroxylation is 3. The van der Waals surface area contributed by atoms with Gasteiger partial charge in [0.05, 0.1) is 0 Å². The first-order valence-corrected chi connectivity index (χ1v) is 8.65. The van der Waals surface area contributed by atoms with Crippen molar-refractivity contribution in [1.82, 2.24) is 0 Å². The van der Waals surface area contributed by atoms with E-state index in [-0.39, 0.29) is 0 Å². The third kappa shape index (κ3) is 5.38. The Morgan fingerprint density at radius 3 is 2.46 bits per heavy atom. The molecule has 0 aromatic heterocycles. The summed E-state index contributed by atoms with van der Waals surface area (Å²) in [5.74, 6) is 0. The SMILES string of the molecule is C=C(/C=C/c1cccc(CC)c1)CC(=C)Cc1ccc(C)c(C)c1. The highest BCUT2D eigenvalue weighted by atomic mass is 14.1. The monoisotopic (exact) mass is 316 g/mol. The molecule has 0 heterocycles. The molecule has 0 N–H and O–H groups in total. The van der Waals surface area contributed by atoms with Crippen LogP contribution in [0.25, 0.3) is 6.08 Å². The van der Waals surface area contributed by atoms with Crippen LogP contribution >= 0.6 is 0 Å². The van der Waals surface area contributed by atoms with Gasteiger partial charge < -0.3 is 0 Å². The van der Waals surface area contributed by atoms with Crippen LogP contribution in [-0.2, 0) is 12.8 Å². The van der Waals surface area contributed by atoms with Crippen LogP contribution in [0, 0.1) is 13.8 Å². The second kappa shape index (κ2) is 8.49. The largest absolute Gasteiger partial charge is 0.0992 e. The van der Waals surface area contributed by atoms with E-state index in [2.05, 4.69) is 88.5 Å². The Morgan fingerprint density at radius 2 is 1.75 bits per heavy atom. The highest BCUT2D eigenvalue weighted by Crippen LogP contribution is 2.18. The van der Waals surface area contributed by atoms with Crippen molar-refractivity contribution in [2.45, 2.75) is 40.0 Å². The normalized spacial score (nSPS) is 11.0. The van der Waals surface area contributed by atoms with Gasteiger partial charge >= 0.3 is 0 Å². The molecule has 0 aliphatic heterocycles. The van der Waals surface area contributed by atoms with E-state index in [9.17, 15) is 0 Å². The summed E-state index contributed by atoms with van der Waals surface area (Å²) in [7, 11) is 0. The Morgan fingerprint density at radius 1 is 0.958 bits per heavy atom. The molecule has 0 spiro atoms. The smallest absolute Gasteiger partial charge is 0.00664 e. The predicted molar refractivity (Wildman–Crippen MR) is 107 cm³/mol. The van der Waals surface area contributed by atoms with Gasteiger partial charge in [0, 0.05) is 0 Å². The lowest BCUT2D eigenvalue weighted by atomic mass is 9.97. The van der Waals surface area contributed by atoms with Crippen molar-refractivity contribution in [2.24, 2.45) is 0 Å². The lowest BCUT2D eigenvalue weighted by Gasteiger charge is -2.08. The number of hydrogen-bond donors (Lipinski definition) is 0. The van der Waals surface area contributed by atoms with Gasteiger partial charge in [-0.15, -0.1) is 0 Å². The highest BCUT2D eigenvalue weighted by Gasteiger charge is 2.01. The van der Waals surface area contributed by atoms with Crippen molar-refractivity contribution in [3.8, 4) is 0 Å². The van der Waals surface area contributed by atoms with E-state index < -0.39 is 0 Å². The minimum Gasteiger partial charge on any atom is -0.0992 e. The molecule has 0 saturated heterocycles. The van der Waals surface area contributed by atoms with E-state index in [1.807, 2.05) is 0 Å². The molecule has 2 aromatic carbocycles. The molecule has 24 heavy (non-hydrogen) atoms. The van der Waals surface area contributed by atoms with Crippen LogP contribution < -0.4 is 0 Å². The van der Waals surface area contributed by atoms with Crippen molar-refractivity contribution < 1.29 is 0 Å². The van der Waals surface area contributed by atoms with E-state index in [4.69, 9.17) is 0 Å². The molecule has 0 heteroatoms. The molecule has 0 aliphatic rings. The summed E-state index contributed by atoms with van der Waals surface area (Å²) in [6, 6.07) is 15.3. The minimum absolute atomic E-state index is 0.844. The van der Waals surface area contributed by atoms with Gasteiger partial charge in [0.15, 0.2) is 0 Å². The fourth-order valence-corrected chi connectivity index (χ4v) is 2.78. The van der Waals surface area contributed by atoms with Gasteiger partial charge in [-0.1, -0.05) is 85.8 Å². The Balaban J connectivity index is 1.92. The van der Waals surface area contributed by atoms with Crippen molar-refractivity contribution in [3.05, 3.63) is 101 Å². The second-order valence-electron chi connectivity index (χ2n) is 6.61. The van der Waals surface area contributed by atoms with E-state index in [1.54, 1.807) is 0 Å². The van der Waals surface area contributed by atoms with Crippen LogP contribution in [0.1, 0.15) is 41.2 Å². The van der Waals surface area contributed by atoms with Gasteiger partial charge in [-0.2, -0.15) is 0 Å². The fraction of sp³-hybridized carbons (Fsp3) is 0.250. The molecule has 0 unspecified atom stereocenters. The topological polar surface area (TPSA) is 0 Å². The van der Waals surface area contributed by atoms with Crippen molar-refractivity contribution in [2.75, 3.05) is 0 Å². The van der Waals surface area contributed by atoms with E-state index in [0.29, 0.717) is 0 Å². The van der Waals surface area contributed by atoms with E-state index in [0.717, 1.165) is 24.8 Å². The molecule has 0 atom stereocenters. The first-order valence-electron chi connectivity index (χ1n) is 8.65. The third-order valence-electron chi connectivity index (χ3n) is 4.37. The third-order valence-corrected chi connectivity index (χ3v) is 4.37. The molecular formula is C24H28. The zero-order valence-electron chi connectivity index (χ0n) is 15.2. The molecule has 2 aromatic rings. The van der Waals surface area contributed by atoms with Gasteiger partial charge in [0.25, 0.3) is 0 Å². The molecule has 0 fully saturated rings. The van der Waals surface area contributed by atoms with Crippen LogP contribution in [0.4, 0.5) is 0 Å². The summed E-state index contributed by atoms with van der Waals surface area (Å²) in [4.78, 5) is 0. The maximum absolute atomic E-state index is 4.23. The quantitative estimate of drug-likeness (QED) is 0.397. The summed E-state index contributed by atoms with van der Waals surface area (Å²) in [6.07, 6.45) is 7.08. The molecule has 0 aliphatic carbocycles. The molecule has 0 nitrogen and oxygen atoms in total. The van der Waals surface area contributed by atoms with E-state index in [1.165, 1.54) is 33.4 Å². The van der Waals surface area contributed by atoms with Crippen molar-refractivity contribution >= 4 is 6.08 Å². The number of benzene rings is 2. The highest BCUT2D eigenvalue weighted by molar-refractivity contribution is 5.54. The zero-order chi connectivity index (χ0) is 17.5. The second-order valence-corrected chi connectivity index (χ2v) is 6.61. The first-order chi connectivity index (χ1) is 11.5. The van der Waals surface area contributed by atoms with Gasteiger partial charge in [0.2, 0.25) is 0 Å². The Bertz CT molecular complexity index is 759. The summed E-state index contributed by atoms with van der Waals surface area (Å²) in [5.41, 5.74) is 8.91. The van der Waals surface area contributed by atoms with E-state index >= 15 is 0 Å². The summed E-state index contributed by atoms with van der Waals surface area (Å²) in [5, 5.41) is 0. The molecule has 0 amide bonds. The number of hydrogen-bond acceptors (Lipinski definition) is 0. The van der Waals surface area contributed by atoms with Gasteiger partial charge in [-0.25, -0.2) is 0 Å². The van der Waals surface area contributed by atoms with Crippen LogP contribution in [0.15, 0.2) is 72.8 Å². The summed E-state index contributed by atoms with van der Waals surface area (Å²) < 4.78 is 0. The molecule has 0 radical (unpaired) electrons. The van der Waals surface area contributed by atoms with Crippen molar-refractivity contribution in [3.63, 3.8) is 0 Å². The van der Waals surface area contributed by atoms with Crippen molar-refractivity contribution in [1.29, 1.82) is 0 Å². The predicted octanol–water partition coefficient (Wildman–Crippen LogP) is 6.62. The van der Waals surface area contributed by atoms with Crippen LogP contribution in [0.2, 0.25) is 0 Å². The average Bonchev–Trinajstić information content (AvgIpc) is 2.56. The van der Waals surface area contributed by atoms with Crippen LogP contribution in [0.3, 0.4) is 0 Å². The Hall–Kier alpha value is -2.34. The maximum Gasteiger partial charge on any atom is -0.00664 e. The summed E-state index contributed by atoms with van der Waals surface area (Å²) in [6.45, 7) is 14.9. The average molecular weight is 316 g/mol. The Kier molecular flexibility index (Phi) is 6.37. The number of rotatable bonds is 7. The molecular weight excluding hydrogens is 288 g/mol. The van der Waals surface area contributed by atoms with Gasteiger partial charge in [-0.3, -0.25) is 0 Å². The summed E-state index contributed by atoms with van der Waals surface area (Å²) >= 11 is 0. The first kappa shape index (κ1) is 18.0. The number of allylic oxidation sites excluding steroid dienone is 3. The lowest BCUT2D eigenvalue weighted by Crippen LogP contribution is -1.92. The molecule has 2 rings (SSSR count). The van der Waals surface area contributed by atoms with Gasteiger partial charge in [0.1, 0.15) is 0 Å². The minimum atomic E-state index is 0.844. The molecule has 124 valence electrons. The fourth-order valence-electron chi connectivity index (χ4n) is 2.78.